The number of aliphatic carboxylic acids is 1. The third-order valence-corrected chi connectivity index (χ3v) is 3.35. The second-order valence-corrected chi connectivity index (χ2v) is 4.83. The minimum Gasteiger partial charge on any atom is -0.481 e. The Morgan fingerprint density at radius 2 is 2.15 bits per heavy atom. The van der Waals surface area contributed by atoms with Gasteiger partial charge < -0.3 is 20.5 Å². The monoisotopic (exact) mass is 279 g/mol. The summed E-state index contributed by atoms with van der Waals surface area (Å²) in [5, 5.41) is 14.2. The summed E-state index contributed by atoms with van der Waals surface area (Å²) in [4.78, 5) is 26.5. The van der Waals surface area contributed by atoms with Crippen LogP contribution in [0.4, 0.5) is 4.79 Å². The first-order chi connectivity index (χ1) is 9.55. The molecule has 1 aromatic heterocycles. The van der Waals surface area contributed by atoms with E-state index >= 15 is 0 Å². The van der Waals surface area contributed by atoms with Crippen molar-refractivity contribution in [2.45, 2.75) is 19.4 Å². The molecule has 0 saturated heterocycles. The maximum absolute atomic E-state index is 11.6. The largest absolute Gasteiger partial charge is 0.481 e. The topological polar surface area (TPSA) is 101 Å². The molecule has 1 aromatic rings. The molecule has 1 heterocycles. The fraction of sp³-hybridized carbons (Fsp3) is 0.462. The second kappa shape index (κ2) is 5.77. The lowest BCUT2D eigenvalue weighted by Crippen LogP contribution is -2.40. The lowest BCUT2D eigenvalue weighted by Gasteiger charge is -2.12. The standard InChI is InChI=1S/C13H17N3O4/c1-20-10-3-2-9(6-14-10)7-15-12(19)16-8-13(4-5-13)11(17)18/h2-3,6H,4-5,7-8H2,1H3,(H,17,18)(H2,15,16,19). The summed E-state index contributed by atoms with van der Waals surface area (Å²) >= 11 is 0. The summed E-state index contributed by atoms with van der Waals surface area (Å²) < 4.78 is 4.93. The second-order valence-electron chi connectivity index (χ2n) is 4.83. The van der Waals surface area contributed by atoms with Crippen molar-refractivity contribution in [2.75, 3.05) is 13.7 Å². The molecule has 1 fully saturated rings. The minimum absolute atomic E-state index is 0.162. The van der Waals surface area contributed by atoms with Crippen molar-refractivity contribution >= 4 is 12.0 Å². The third kappa shape index (κ3) is 3.37. The van der Waals surface area contributed by atoms with E-state index < -0.39 is 11.4 Å². The molecule has 0 bridgehead atoms. The van der Waals surface area contributed by atoms with Gasteiger partial charge in [0.2, 0.25) is 5.88 Å². The number of nitrogens with zero attached hydrogens (tertiary/aromatic N) is 1. The van der Waals surface area contributed by atoms with Gasteiger partial charge in [-0.1, -0.05) is 6.07 Å². The number of carbonyl (C=O) groups is 2. The number of ether oxygens (including phenoxy) is 1. The maximum Gasteiger partial charge on any atom is 0.315 e. The van der Waals surface area contributed by atoms with Crippen LogP contribution in [0.5, 0.6) is 5.88 Å². The van der Waals surface area contributed by atoms with E-state index in [1.54, 1.807) is 18.3 Å². The van der Waals surface area contributed by atoms with Crippen molar-refractivity contribution in [1.29, 1.82) is 0 Å². The maximum atomic E-state index is 11.6. The van der Waals surface area contributed by atoms with E-state index in [2.05, 4.69) is 15.6 Å². The Kier molecular flexibility index (Phi) is 4.07. The molecule has 7 nitrogen and oxygen atoms in total. The third-order valence-electron chi connectivity index (χ3n) is 3.35. The fourth-order valence-corrected chi connectivity index (χ4v) is 1.75. The Balaban J connectivity index is 1.73. The number of carboxylic acids is 1. The summed E-state index contributed by atoms with van der Waals surface area (Å²) in [6.45, 7) is 0.484. The highest BCUT2D eigenvalue weighted by Gasteiger charge is 2.50. The number of methoxy groups -OCH3 is 1. The number of urea groups is 1. The van der Waals surface area contributed by atoms with Gasteiger partial charge in [-0.2, -0.15) is 0 Å². The average Bonchev–Trinajstić information content (AvgIpc) is 3.25. The normalized spacial score (nSPS) is 15.2. The molecule has 3 N–H and O–H groups in total. The summed E-state index contributed by atoms with van der Waals surface area (Å²) in [5.74, 6) is -0.340. The van der Waals surface area contributed by atoms with Crippen LogP contribution < -0.4 is 15.4 Å². The van der Waals surface area contributed by atoms with Crippen LogP contribution in [0.25, 0.3) is 0 Å². The summed E-state index contributed by atoms with van der Waals surface area (Å²) in [6, 6.07) is 3.12. The molecule has 108 valence electrons. The first kappa shape index (κ1) is 14.1. The quantitative estimate of drug-likeness (QED) is 0.713. The number of rotatable bonds is 6. The number of hydrogen-bond donors (Lipinski definition) is 3. The number of carbonyl (C=O) groups excluding carboxylic acids is 1. The van der Waals surface area contributed by atoms with Crippen LogP contribution in [0.15, 0.2) is 18.3 Å². The Morgan fingerprint density at radius 1 is 1.40 bits per heavy atom. The predicted octanol–water partition coefficient (Wildman–Crippen LogP) is 0.754. The molecule has 20 heavy (non-hydrogen) atoms. The van der Waals surface area contributed by atoms with Crippen LogP contribution in [0.1, 0.15) is 18.4 Å². The van der Waals surface area contributed by atoms with Crippen molar-refractivity contribution in [3.05, 3.63) is 23.9 Å². The molecule has 7 heteroatoms. The molecule has 0 aliphatic heterocycles. The molecule has 1 saturated carbocycles. The Morgan fingerprint density at radius 3 is 2.65 bits per heavy atom. The number of carboxylic acid groups (broad SMARTS) is 1. The highest BCUT2D eigenvalue weighted by atomic mass is 16.5. The summed E-state index contributed by atoms with van der Waals surface area (Å²) in [5.41, 5.74) is 0.0826. The molecule has 0 unspecified atom stereocenters. The molecule has 1 aliphatic rings. The first-order valence-corrected chi connectivity index (χ1v) is 6.30. The molecule has 0 atom stereocenters. The number of aromatic nitrogens is 1. The lowest BCUT2D eigenvalue weighted by molar-refractivity contribution is -0.143. The number of nitrogens with one attached hydrogen (secondary N) is 2. The van der Waals surface area contributed by atoms with E-state index in [0.717, 1.165) is 5.56 Å². The lowest BCUT2D eigenvalue weighted by atomic mass is 10.1. The minimum atomic E-state index is -0.850. The van der Waals surface area contributed by atoms with Gasteiger partial charge in [-0.25, -0.2) is 9.78 Å². The van der Waals surface area contributed by atoms with Gasteiger partial charge in [-0.05, 0) is 18.4 Å². The highest BCUT2D eigenvalue weighted by Crippen LogP contribution is 2.45. The fourth-order valence-electron chi connectivity index (χ4n) is 1.75. The molecular weight excluding hydrogens is 262 g/mol. The van der Waals surface area contributed by atoms with Crippen LogP contribution >= 0.6 is 0 Å². The Bertz CT molecular complexity index is 497. The zero-order valence-electron chi connectivity index (χ0n) is 11.2. The van der Waals surface area contributed by atoms with Crippen LogP contribution in [0, 0.1) is 5.41 Å². The van der Waals surface area contributed by atoms with E-state index in [9.17, 15) is 9.59 Å². The van der Waals surface area contributed by atoms with Gasteiger partial charge in [-0.15, -0.1) is 0 Å². The van der Waals surface area contributed by atoms with Gasteiger partial charge in [0.15, 0.2) is 0 Å². The van der Waals surface area contributed by atoms with Crippen LogP contribution in [0.2, 0.25) is 0 Å². The zero-order chi connectivity index (χ0) is 14.6. The van der Waals surface area contributed by atoms with Gasteiger partial charge in [0.1, 0.15) is 0 Å². The molecule has 2 rings (SSSR count). The van der Waals surface area contributed by atoms with E-state index in [-0.39, 0.29) is 12.6 Å². The van der Waals surface area contributed by atoms with E-state index in [1.807, 2.05) is 0 Å². The van der Waals surface area contributed by atoms with Crippen molar-refractivity contribution in [2.24, 2.45) is 5.41 Å². The highest BCUT2D eigenvalue weighted by molar-refractivity contribution is 5.80. The Hall–Kier alpha value is -2.31. The summed E-state index contributed by atoms with van der Waals surface area (Å²) in [6.07, 6.45) is 2.84. The Labute approximate surface area is 116 Å². The van der Waals surface area contributed by atoms with Crippen molar-refractivity contribution in [1.82, 2.24) is 15.6 Å². The van der Waals surface area contributed by atoms with Gasteiger partial charge >= 0.3 is 12.0 Å². The van der Waals surface area contributed by atoms with Crippen molar-refractivity contribution < 1.29 is 19.4 Å². The average molecular weight is 279 g/mol. The van der Waals surface area contributed by atoms with E-state index in [1.165, 1.54) is 7.11 Å². The molecular formula is C13H17N3O4. The number of amides is 2. The zero-order valence-corrected chi connectivity index (χ0v) is 11.2. The first-order valence-electron chi connectivity index (χ1n) is 6.30. The van der Waals surface area contributed by atoms with Crippen molar-refractivity contribution in [3.8, 4) is 5.88 Å². The SMILES string of the molecule is COc1ccc(CNC(=O)NCC2(C(=O)O)CC2)cn1. The molecule has 0 spiro atoms. The molecule has 0 radical (unpaired) electrons. The van der Waals surface area contributed by atoms with Crippen molar-refractivity contribution in [3.63, 3.8) is 0 Å². The number of hydrogen-bond acceptors (Lipinski definition) is 4. The number of pyridine rings is 1. The van der Waals surface area contributed by atoms with Crippen LogP contribution in [0.3, 0.4) is 0 Å². The molecule has 0 aromatic carbocycles. The predicted molar refractivity (Wildman–Crippen MR) is 70.3 cm³/mol. The van der Waals surface area contributed by atoms with E-state index in [4.69, 9.17) is 9.84 Å². The summed E-state index contributed by atoms with van der Waals surface area (Å²) in [7, 11) is 1.53. The van der Waals surface area contributed by atoms with Gasteiger partial charge in [0, 0.05) is 25.4 Å². The van der Waals surface area contributed by atoms with Crippen LogP contribution in [-0.2, 0) is 11.3 Å². The molecule has 1 aliphatic carbocycles. The molecule has 2 amide bonds. The van der Waals surface area contributed by atoms with Gasteiger partial charge in [-0.3, -0.25) is 4.79 Å². The van der Waals surface area contributed by atoms with E-state index in [0.29, 0.717) is 25.3 Å². The van der Waals surface area contributed by atoms with Crippen LogP contribution in [-0.4, -0.2) is 35.7 Å². The van der Waals surface area contributed by atoms with Gasteiger partial charge in [0.25, 0.3) is 0 Å². The smallest absolute Gasteiger partial charge is 0.315 e. The van der Waals surface area contributed by atoms with Gasteiger partial charge in [0.05, 0.1) is 12.5 Å².